The van der Waals surface area contributed by atoms with Gasteiger partial charge in [-0.25, -0.2) is 4.79 Å². The van der Waals surface area contributed by atoms with Crippen molar-refractivity contribution in [3.8, 4) is 0 Å². The Morgan fingerprint density at radius 1 is 0.981 bits per heavy atom. The Balaban J connectivity index is 1.41. The minimum atomic E-state index is -4.69. The van der Waals surface area contributed by atoms with Crippen molar-refractivity contribution in [3.63, 3.8) is 0 Å². The number of hydrogen-bond acceptors (Lipinski definition) is 8. The van der Waals surface area contributed by atoms with Crippen LogP contribution in [0.3, 0.4) is 0 Å². The Kier molecular flexibility index (Phi) is 13.9. The van der Waals surface area contributed by atoms with Gasteiger partial charge in [0.2, 0.25) is 5.91 Å². The maximum atomic E-state index is 16.6. The summed E-state index contributed by atoms with van der Waals surface area (Å²) in [5, 5.41) is 2.82. The van der Waals surface area contributed by atoms with E-state index in [-0.39, 0.29) is 57.1 Å². The smallest absolute Gasteiger partial charge is 0.394 e. The van der Waals surface area contributed by atoms with Crippen LogP contribution >= 0.6 is 0 Å². The van der Waals surface area contributed by atoms with Crippen LogP contribution in [0.15, 0.2) is 23.4 Å². The number of allylic oxidation sites excluding steroid dienone is 2. The molecule has 0 spiro atoms. The lowest BCUT2D eigenvalue weighted by Crippen LogP contribution is -2.51. The van der Waals surface area contributed by atoms with Crippen molar-refractivity contribution in [2.75, 3.05) is 33.4 Å². The first kappa shape index (κ1) is 42.7. The molecule has 1 saturated heterocycles. The predicted octanol–water partition coefficient (Wildman–Crippen LogP) is 3.88. The van der Waals surface area contributed by atoms with Crippen molar-refractivity contribution in [2.24, 2.45) is 0 Å². The van der Waals surface area contributed by atoms with Crippen molar-refractivity contribution in [1.82, 2.24) is 14.9 Å². The minimum absolute atomic E-state index is 0.0350. The zero-order valence-corrected chi connectivity index (χ0v) is 32.7. The summed E-state index contributed by atoms with van der Waals surface area (Å²) in [5.41, 5.74) is 3.20. The fourth-order valence-electron chi connectivity index (χ4n) is 7.11. The lowest BCUT2D eigenvalue weighted by atomic mass is 9.88. The third-order valence-electron chi connectivity index (χ3n) is 9.77. The number of imide groups is 1. The second-order valence-electron chi connectivity index (χ2n) is 15.4. The number of aromatic nitrogens is 1. The summed E-state index contributed by atoms with van der Waals surface area (Å²) in [5.74, 6) is -4.48. The van der Waals surface area contributed by atoms with Gasteiger partial charge in [0.05, 0.1) is 27.7 Å². The highest BCUT2D eigenvalue weighted by Crippen LogP contribution is 2.39. The van der Waals surface area contributed by atoms with Crippen molar-refractivity contribution >= 4 is 58.3 Å². The van der Waals surface area contributed by atoms with Crippen molar-refractivity contribution < 1.29 is 59.4 Å². The molecule has 0 radical (unpaired) electrons. The van der Waals surface area contributed by atoms with Gasteiger partial charge in [-0.15, -0.1) is 5.06 Å². The third kappa shape index (κ3) is 11.0. The van der Waals surface area contributed by atoms with Crippen LogP contribution in [-0.2, 0) is 45.3 Å². The van der Waals surface area contributed by atoms with Crippen LogP contribution < -0.4 is 5.32 Å². The number of nitrogens with one attached hydrogen (secondary N) is 1. The maximum Gasteiger partial charge on any atom is 0.737 e. The lowest BCUT2D eigenvalue weighted by Gasteiger charge is -2.31. The Morgan fingerprint density at radius 3 is 2.28 bits per heavy atom. The summed E-state index contributed by atoms with van der Waals surface area (Å²) >= 11 is 0. The molecule has 4 heterocycles. The maximum absolute atomic E-state index is 16.6. The van der Waals surface area contributed by atoms with E-state index in [2.05, 4.69) is 26.5 Å². The van der Waals surface area contributed by atoms with Crippen molar-refractivity contribution in [2.45, 2.75) is 110 Å². The van der Waals surface area contributed by atoms with Crippen LogP contribution in [0, 0.1) is 6.92 Å². The number of hydrogen-bond donors (Lipinski definition) is 2. The molecular formula is C36H53BF2N5O9S+. The van der Waals surface area contributed by atoms with Crippen LogP contribution in [0.2, 0.25) is 0 Å². The summed E-state index contributed by atoms with van der Waals surface area (Å²) in [6, 6.07) is 0.246. The Bertz CT molecular complexity index is 1850. The topological polar surface area (TPSA) is 172 Å². The number of Topliss-reactive ketones (excluding diaryl/α,β-unsaturated/α-hetero) is 1. The van der Waals surface area contributed by atoms with E-state index < -0.39 is 58.4 Å². The number of rotatable bonds is 21. The number of amides is 3. The highest BCUT2D eigenvalue weighted by molar-refractivity contribution is 7.85. The number of hydroxylamine groups is 2. The number of quaternary nitrogens is 1. The highest BCUT2D eigenvalue weighted by atomic mass is 32.2. The van der Waals surface area contributed by atoms with Gasteiger partial charge in [0.25, 0.3) is 21.9 Å². The zero-order valence-electron chi connectivity index (χ0n) is 31.9. The minimum Gasteiger partial charge on any atom is -0.394 e. The molecule has 18 heteroatoms. The molecule has 54 heavy (non-hydrogen) atoms. The monoisotopic (exact) mass is 780 g/mol. The fraction of sp³-hybridized carbons (Fsp3) is 0.611. The number of carbonyl (C=O) groups excluding carboxylic acids is 5. The van der Waals surface area contributed by atoms with E-state index in [0.717, 1.165) is 50.4 Å². The number of ketones is 1. The molecule has 1 fully saturated rings. The van der Waals surface area contributed by atoms with E-state index in [9.17, 15) is 36.9 Å². The largest absolute Gasteiger partial charge is 0.737 e. The van der Waals surface area contributed by atoms with Gasteiger partial charge in [-0.05, 0) is 56.4 Å². The number of aryl methyl sites for hydroxylation is 2. The molecule has 4 rings (SSSR count). The Morgan fingerprint density at radius 2 is 1.65 bits per heavy atom. The van der Waals surface area contributed by atoms with E-state index in [4.69, 9.17) is 4.84 Å². The first-order chi connectivity index (χ1) is 25.2. The van der Waals surface area contributed by atoms with E-state index in [1.165, 1.54) is 0 Å². The molecule has 14 nitrogen and oxygen atoms in total. The van der Waals surface area contributed by atoms with Gasteiger partial charge in [-0.1, -0.05) is 19.8 Å². The number of nitrogens with zero attached hydrogens (tertiary/aromatic N) is 4. The zero-order chi connectivity index (χ0) is 40.0. The summed E-state index contributed by atoms with van der Waals surface area (Å²) in [7, 11) is 1.58. The molecule has 3 amide bonds. The standard InChI is InChI=1S/C36H52BF2N5O9S/c1-6-7-12-27-22-28(42-31(27)23-30-26(13-11-20-44(3,4)5)21-25(2)41(30)37(42,38)39)16-17-33(46)40-29(24-54(50,51)52)32(45)14-9-8-10-15-36(49)53-43-34(47)18-19-35(43)48/h21-23,29H,6-20,24H2,1-5H3,(H-,40,46,50,51,52)/p+1. The van der Waals surface area contributed by atoms with Gasteiger partial charge in [0, 0.05) is 68.4 Å². The first-order valence-corrected chi connectivity index (χ1v) is 20.3. The third-order valence-corrected chi connectivity index (χ3v) is 10.5. The molecule has 0 saturated carbocycles. The summed E-state index contributed by atoms with van der Waals surface area (Å²) in [6.07, 6.45) is 7.16. The van der Waals surface area contributed by atoms with Gasteiger partial charge >= 0.3 is 12.9 Å². The molecule has 3 aliphatic heterocycles. The van der Waals surface area contributed by atoms with Crippen LogP contribution in [0.5, 0.6) is 0 Å². The number of unbranched alkanes of at least 4 members (excludes halogenated alkanes) is 3. The van der Waals surface area contributed by atoms with Gasteiger partial charge in [-0.2, -0.15) is 8.42 Å². The molecule has 1 aromatic rings. The predicted molar refractivity (Wildman–Crippen MR) is 197 cm³/mol. The normalized spacial score (nSPS) is 17.3. The fourth-order valence-corrected chi connectivity index (χ4v) is 7.80. The van der Waals surface area contributed by atoms with E-state index >= 15 is 8.63 Å². The van der Waals surface area contributed by atoms with Gasteiger partial charge in [0.15, 0.2) is 11.5 Å². The molecule has 1 atom stereocenters. The second kappa shape index (κ2) is 17.6. The van der Waals surface area contributed by atoms with Gasteiger partial charge < -0.3 is 32.2 Å². The molecule has 298 valence electrons. The first-order valence-electron chi connectivity index (χ1n) is 18.7. The molecule has 2 N–H and O–H groups in total. The molecular weight excluding hydrogens is 727 g/mol. The Hall–Kier alpha value is -4.03. The van der Waals surface area contributed by atoms with Crippen molar-refractivity contribution in [1.29, 1.82) is 0 Å². The quantitative estimate of drug-likeness (QED) is 0.0618. The van der Waals surface area contributed by atoms with Crippen LogP contribution in [0.4, 0.5) is 8.63 Å². The van der Waals surface area contributed by atoms with Crippen molar-refractivity contribution in [3.05, 3.63) is 40.4 Å². The van der Waals surface area contributed by atoms with E-state index in [0.29, 0.717) is 41.4 Å². The SMILES string of the molecule is CCCCC1=CC(CCC(=O)NC(CS(=O)(=O)O)C(=O)CCCCCC(=O)ON2C(=O)CCC2=O)=[N+]2C1=Cc1c(CCC[N+](C)(C)C)cc(C)n1[B-]2(F)F. The number of halogens is 2. The van der Waals surface area contributed by atoms with Crippen LogP contribution in [0.25, 0.3) is 6.08 Å². The van der Waals surface area contributed by atoms with Crippen LogP contribution in [-0.4, -0.2) is 113 Å². The summed E-state index contributed by atoms with van der Waals surface area (Å²) in [6.45, 7) is 0.250. The lowest BCUT2D eigenvalue weighted by molar-refractivity contribution is -0.870. The molecule has 1 aromatic heterocycles. The Labute approximate surface area is 315 Å². The second-order valence-corrected chi connectivity index (χ2v) is 16.9. The molecule has 1 unspecified atom stereocenters. The average Bonchev–Trinajstić information content (AvgIpc) is 3.70. The highest BCUT2D eigenvalue weighted by Gasteiger charge is 2.54. The van der Waals surface area contributed by atoms with Crippen LogP contribution in [0.1, 0.15) is 107 Å². The molecule has 3 aliphatic rings. The van der Waals surface area contributed by atoms with E-state index in [1.54, 1.807) is 13.0 Å². The van der Waals surface area contributed by atoms with Gasteiger partial charge in [-0.3, -0.25) is 23.7 Å². The summed E-state index contributed by atoms with van der Waals surface area (Å²) < 4.78 is 69.1. The average molecular weight is 781 g/mol. The molecule has 0 aliphatic carbocycles. The molecule has 0 bridgehead atoms. The molecule has 0 aromatic carbocycles. The number of carbonyl (C=O) groups is 5. The number of fused-ring (bicyclic) bond motifs is 2. The summed E-state index contributed by atoms with van der Waals surface area (Å²) in [4.78, 5) is 66.2. The van der Waals surface area contributed by atoms with E-state index in [1.807, 2.05) is 19.1 Å². The van der Waals surface area contributed by atoms with Gasteiger partial charge in [0.1, 0.15) is 17.5 Å².